The van der Waals surface area contributed by atoms with Crippen molar-refractivity contribution in [3.63, 3.8) is 0 Å². The number of hydrogen-bond donors (Lipinski definition) is 0. The first-order valence-corrected chi connectivity index (χ1v) is 7.02. The van der Waals surface area contributed by atoms with Gasteiger partial charge in [0.15, 0.2) is 11.2 Å². The maximum atomic E-state index is 12.2. The van der Waals surface area contributed by atoms with Crippen LogP contribution < -0.4 is 0 Å². The topological polar surface area (TPSA) is 69.7 Å². The summed E-state index contributed by atoms with van der Waals surface area (Å²) >= 11 is 0. The summed E-state index contributed by atoms with van der Waals surface area (Å²) in [6.45, 7) is 1.77. The van der Waals surface area contributed by atoms with Gasteiger partial charge >= 0.3 is 11.9 Å². The molecule has 0 aromatic heterocycles. The van der Waals surface area contributed by atoms with Gasteiger partial charge in [-0.05, 0) is 31.8 Å². The van der Waals surface area contributed by atoms with Crippen molar-refractivity contribution >= 4 is 17.7 Å². The molecule has 2 aliphatic carbocycles. The molecular weight excluding hydrogens is 272 g/mol. The largest absolute Gasteiger partial charge is 0.468 e. The van der Waals surface area contributed by atoms with Crippen molar-refractivity contribution in [2.45, 2.75) is 32.6 Å². The summed E-state index contributed by atoms with van der Waals surface area (Å²) in [6.07, 6.45) is 5.56. The smallest absolute Gasteiger partial charge is 0.323 e. The Bertz CT molecular complexity index is 525. The van der Waals surface area contributed by atoms with Gasteiger partial charge in [-0.15, -0.1) is 0 Å². The average molecular weight is 292 g/mol. The molecule has 0 amide bonds. The minimum absolute atomic E-state index is 0.0740. The highest BCUT2D eigenvalue weighted by molar-refractivity contribution is 6.02. The molecule has 5 heteroatoms. The minimum Gasteiger partial charge on any atom is -0.468 e. The number of hydrogen-bond acceptors (Lipinski definition) is 5. The summed E-state index contributed by atoms with van der Waals surface area (Å²) in [4.78, 5) is 36.4. The molecule has 0 N–H and O–H groups in total. The lowest BCUT2D eigenvalue weighted by Gasteiger charge is -2.22. The van der Waals surface area contributed by atoms with E-state index in [4.69, 9.17) is 9.47 Å². The van der Waals surface area contributed by atoms with Crippen LogP contribution in [-0.4, -0.2) is 31.9 Å². The van der Waals surface area contributed by atoms with E-state index in [-0.39, 0.29) is 18.1 Å². The molecular formula is C16H20O5. The van der Waals surface area contributed by atoms with Gasteiger partial charge in [0.05, 0.1) is 14.2 Å². The lowest BCUT2D eigenvalue weighted by atomic mass is 9.85. The van der Waals surface area contributed by atoms with Gasteiger partial charge in [0.25, 0.3) is 0 Å². The molecule has 0 saturated heterocycles. The third kappa shape index (κ3) is 2.52. The monoisotopic (exact) mass is 292 g/mol. The number of rotatable bonds is 2. The first-order chi connectivity index (χ1) is 9.96. The van der Waals surface area contributed by atoms with Gasteiger partial charge in [-0.1, -0.05) is 17.7 Å². The van der Waals surface area contributed by atoms with Gasteiger partial charge in [0, 0.05) is 12.3 Å². The van der Waals surface area contributed by atoms with Crippen LogP contribution in [0, 0.1) is 11.3 Å². The predicted octanol–water partition coefficient (Wildman–Crippen LogP) is 1.96. The van der Waals surface area contributed by atoms with Crippen molar-refractivity contribution in [2.24, 2.45) is 11.3 Å². The van der Waals surface area contributed by atoms with Crippen molar-refractivity contribution in [2.75, 3.05) is 14.2 Å². The number of allylic oxidation sites excluding steroid dienone is 4. The second-order valence-electron chi connectivity index (χ2n) is 5.59. The number of fused-ring (bicyclic) bond motifs is 1. The summed E-state index contributed by atoms with van der Waals surface area (Å²) in [5, 5.41) is 0. The van der Waals surface area contributed by atoms with E-state index in [2.05, 4.69) is 0 Å². The average Bonchev–Trinajstić information content (AvgIpc) is 2.88. The van der Waals surface area contributed by atoms with E-state index in [9.17, 15) is 14.4 Å². The van der Waals surface area contributed by atoms with E-state index in [1.54, 1.807) is 6.92 Å². The standard InChI is InChI=1S/C16H20O5/c1-10-12-9-16(14(18)20-2,15(19)21-3)8-11(12)6-4-5-7-13(10)17/h4,6,11H,5,7-9H2,1-3H3/b6-4-,12-10-. The second-order valence-corrected chi connectivity index (χ2v) is 5.59. The van der Waals surface area contributed by atoms with Crippen LogP contribution in [0.15, 0.2) is 23.3 Å². The summed E-state index contributed by atoms with van der Waals surface area (Å²) in [6, 6.07) is 0. The molecule has 21 heavy (non-hydrogen) atoms. The van der Waals surface area contributed by atoms with Gasteiger partial charge in [-0.2, -0.15) is 0 Å². The summed E-state index contributed by atoms with van der Waals surface area (Å²) in [7, 11) is 2.52. The van der Waals surface area contributed by atoms with Gasteiger partial charge in [0.2, 0.25) is 0 Å². The molecule has 1 atom stereocenters. The highest BCUT2D eigenvalue weighted by Gasteiger charge is 2.55. The number of ether oxygens (including phenoxy) is 2. The summed E-state index contributed by atoms with van der Waals surface area (Å²) < 4.78 is 9.64. The van der Waals surface area contributed by atoms with Crippen molar-refractivity contribution in [3.05, 3.63) is 23.3 Å². The molecule has 5 nitrogen and oxygen atoms in total. The number of methoxy groups -OCH3 is 2. The van der Waals surface area contributed by atoms with E-state index in [1.165, 1.54) is 14.2 Å². The molecule has 0 aliphatic heterocycles. The molecule has 2 aliphatic rings. The molecule has 0 radical (unpaired) electrons. The molecule has 1 saturated carbocycles. The Labute approximate surface area is 124 Å². The Morgan fingerprint density at radius 3 is 2.43 bits per heavy atom. The number of ketones is 1. The molecule has 2 rings (SSSR count). The van der Waals surface area contributed by atoms with Gasteiger partial charge < -0.3 is 9.47 Å². The van der Waals surface area contributed by atoms with Crippen LogP contribution in [0.3, 0.4) is 0 Å². The van der Waals surface area contributed by atoms with Crippen molar-refractivity contribution in [3.8, 4) is 0 Å². The van der Waals surface area contributed by atoms with E-state index >= 15 is 0 Å². The highest BCUT2D eigenvalue weighted by atomic mass is 16.5. The first-order valence-electron chi connectivity index (χ1n) is 7.02. The van der Waals surface area contributed by atoms with Crippen molar-refractivity contribution in [1.82, 2.24) is 0 Å². The molecule has 114 valence electrons. The zero-order valence-electron chi connectivity index (χ0n) is 12.6. The van der Waals surface area contributed by atoms with Crippen molar-refractivity contribution < 1.29 is 23.9 Å². The van der Waals surface area contributed by atoms with E-state index < -0.39 is 17.4 Å². The molecule has 1 unspecified atom stereocenters. The minimum atomic E-state index is -1.33. The fourth-order valence-electron chi connectivity index (χ4n) is 3.25. The quantitative estimate of drug-likeness (QED) is 0.442. The van der Waals surface area contributed by atoms with Crippen molar-refractivity contribution in [1.29, 1.82) is 0 Å². The second kappa shape index (κ2) is 5.84. The Kier molecular flexibility index (Phi) is 4.30. The maximum Gasteiger partial charge on any atom is 0.323 e. The highest BCUT2D eigenvalue weighted by Crippen LogP contribution is 2.49. The number of carbonyl (C=O) groups excluding carboxylic acids is 3. The van der Waals surface area contributed by atoms with Crippen LogP contribution in [0.1, 0.15) is 32.6 Å². The SMILES string of the molecule is COC(=O)C1(C(=O)OC)C/C2=C(\C)C(=O)CC/C=C\C2C1. The normalized spacial score (nSPS) is 29.1. The van der Waals surface area contributed by atoms with Crippen LogP contribution in [0.4, 0.5) is 0 Å². The molecule has 0 heterocycles. The summed E-state index contributed by atoms with van der Waals surface area (Å²) in [5.74, 6) is -1.21. The van der Waals surface area contributed by atoms with Gasteiger partial charge in [-0.25, -0.2) is 0 Å². The lowest BCUT2D eigenvalue weighted by Crippen LogP contribution is -2.39. The van der Waals surface area contributed by atoms with Crippen LogP contribution in [-0.2, 0) is 23.9 Å². The number of carbonyl (C=O) groups is 3. The first kappa shape index (κ1) is 15.5. The Balaban J connectivity index is 2.50. The predicted molar refractivity (Wildman–Crippen MR) is 75.3 cm³/mol. The van der Waals surface area contributed by atoms with Gasteiger partial charge in [-0.3, -0.25) is 14.4 Å². The Hall–Kier alpha value is -1.91. The van der Waals surface area contributed by atoms with Crippen LogP contribution in [0.2, 0.25) is 0 Å². The van der Waals surface area contributed by atoms with Crippen LogP contribution in [0.25, 0.3) is 0 Å². The molecule has 1 fully saturated rings. The number of esters is 2. The Morgan fingerprint density at radius 1 is 1.24 bits per heavy atom. The van der Waals surface area contributed by atoms with Crippen LogP contribution in [0.5, 0.6) is 0 Å². The zero-order chi connectivity index (χ0) is 15.6. The van der Waals surface area contributed by atoms with E-state index in [1.807, 2.05) is 12.2 Å². The molecule has 0 aromatic rings. The fraction of sp³-hybridized carbons (Fsp3) is 0.562. The molecule has 0 bridgehead atoms. The van der Waals surface area contributed by atoms with E-state index in [0.717, 1.165) is 5.57 Å². The third-order valence-electron chi connectivity index (χ3n) is 4.47. The Morgan fingerprint density at radius 2 is 1.86 bits per heavy atom. The zero-order valence-corrected chi connectivity index (χ0v) is 12.6. The lowest BCUT2D eigenvalue weighted by molar-refractivity contribution is -0.168. The maximum absolute atomic E-state index is 12.2. The third-order valence-corrected chi connectivity index (χ3v) is 4.47. The van der Waals surface area contributed by atoms with Crippen LogP contribution >= 0.6 is 0 Å². The van der Waals surface area contributed by atoms with Gasteiger partial charge in [0.1, 0.15) is 0 Å². The fourth-order valence-corrected chi connectivity index (χ4v) is 3.25. The van der Waals surface area contributed by atoms with E-state index in [0.29, 0.717) is 24.8 Å². The summed E-state index contributed by atoms with van der Waals surface area (Å²) in [5.41, 5.74) is 0.186. The number of Topliss-reactive ketones (excluding diaryl/α,β-unsaturated/α-hetero) is 1. The molecule has 0 spiro atoms. The molecule has 0 aromatic carbocycles.